The third-order valence-corrected chi connectivity index (χ3v) is 4.06. The SMILES string of the molecule is COc1c(C)cc(C(O)CCNC2CC2)c(C)c1C. The second-order valence-corrected chi connectivity index (χ2v) is 5.60. The Morgan fingerprint density at radius 2 is 2.00 bits per heavy atom. The molecule has 1 fully saturated rings. The van der Waals surface area contributed by atoms with Crippen molar-refractivity contribution in [1.82, 2.24) is 5.32 Å². The number of methoxy groups -OCH3 is 1. The molecule has 0 spiro atoms. The molecule has 19 heavy (non-hydrogen) atoms. The van der Waals surface area contributed by atoms with Gasteiger partial charge in [0, 0.05) is 6.04 Å². The van der Waals surface area contributed by atoms with Crippen LogP contribution in [0.3, 0.4) is 0 Å². The summed E-state index contributed by atoms with van der Waals surface area (Å²) < 4.78 is 5.42. The van der Waals surface area contributed by atoms with E-state index in [1.165, 1.54) is 12.8 Å². The minimum atomic E-state index is -0.394. The predicted molar refractivity (Wildman–Crippen MR) is 77.8 cm³/mol. The molecule has 3 heteroatoms. The lowest BCUT2D eigenvalue weighted by atomic mass is 9.94. The molecule has 0 amide bonds. The number of hydrogen-bond donors (Lipinski definition) is 2. The summed E-state index contributed by atoms with van der Waals surface area (Å²) in [7, 11) is 1.70. The highest BCUT2D eigenvalue weighted by atomic mass is 16.5. The minimum Gasteiger partial charge on any atom is -0.496 e. The molecule has 1 aliphatic rings. The highest BCUT2D eigenvalue weighted by Crippen LogP contribution is 2.32. The molecule has 106 valence electrons. The number of ether oxygens (including phenoxy) is 1. The lowest BCUT2D eigenvalue weighted by Crippen LogP contribution is -2.20. The van der Waals surface area contributed by atoms with Crippen LogP contribution in [0.25, 0.3) is 0 Å². The minimum absolute atomic E-state index is 0.394. The van der Waals surface area contributed by atoms with E-state index in [0.29, 0.717) is 6.04 Å². The van der Waals surface area contributed by atoms with Crippen molar-refractivity contribution in [3.63, 3.8) is 0 Å². The number of aliphatic hydroxyl groups is 1. The Morgan fingerprint density at radius 3 is 2.58 bits per heavy atom. The van der Waals surface area contributed by atoms with Gasteiger partial charge in [0.1, 0.15) is 5.75 Å². The molecular formula is C16H25NO2. The third kappa shape index (κ3) is 3.28. The lowest BCUT2D eigenvalue weighted by molar-refractivity contribution is 0.166. The van der Waals surface area contributed by atoms with Gasteiger partial charge in [-0.1, -0.05) is 0 Å². The van der Waals surface area contributed by atoms with Crippen molar-refractivity contribution in [3.05, 3.63) is 28.3 Å². The maximum Gasteiger partial charge on any atom is 0.124 e. The molecule has 0 radical (unpaired) electrons. The van der Waals surface area contributed by atoms with Gasteiger partial charge in [0.2, 0.25) is 0 Å². The summed E-state index contributed by atoms with van der Waals surface area (Å²) >= 11 is 0. The van der Waals surface area contributed by atoms with E-state index in [1.807, 2.05) is 6.92 Å². The smallest absolute Gasteiger partial charge is 0.124 e. The van der Waals surface area contributed by atoms with Gasteiger partial charge < -0.3 is 15.2 Å². The quantitative estimate of drug-likeness (QED) is 0.829. The molecule has 1 aromatic carbocycles. The Hall–Kier alpha value is -1.06. The van der Waals surface area contributed by atoms with E-state index in [0.717, 1.165) is 41.0 Å². The van der Waals surface area contributed by atoms with Gasteiger partial charge in [-0.3, -0.25) is 0 Å². The van der Waals surface area contributed by atoms with Crippen molar-refractivity contribution in [2.45, 2.75) is 52.2 Å². The van der Waals surface area contributed by atoms with Gasteiger partial charge in [-0.15, -0.1) is 0 Å². The lowest BCUT2D eigenvalue weighted by Gasteiger charge is -2.19. The van der Waals surface area contributed by atoms with E-state index in [-0.39, 0.29) is 0 Å². The third-order valence-electron chi connectivity index (χ3n) is 4.06. The molecule has 0 saturated heterocycles. The number of aliphatic hydroxyl groups excluding tert-OH is 1. The monoisotopic (exact) mass is 263 g/mol. The number of aryl methyl sites for hydroxylation is 1. The van der Waals surface area contributed by atoms with E-state index in [4.69, 9.17) is 4.74 Å². The van der Waals surface area contributed by atoms with Gasteiger partial charge in [0.05, 0.1) is 13.2 Å². The van der Waals surface area contributed by atoms with Gasteiger partial charge in [-0.25, -0.2) is 0 Å². The fraction of sp³-hybridized carbons (Fsp3) is 0.625. The van der Waals surface area contributed by atoms with E-state index in [9.17, 15) is 5.11 Å². The first-order valence-electron chi connectivity index (χ1n) is 7.10. The zero-order chi connectivity index (χ0) is 14.0. The summed E-state index contributed by atoms with van der Waals surface area (Å²) in [6.45, 7) is 7.03. The molecular weight excluding hydrogens is 238 g/mol. The van der Waals surface area contributed by atoms with Crippen LogP contribution in [0.2, 0.25) is 0 Å². The Balaban J connectivity index is 2.09. The normalized spacial score (nSPS) is 16.5. The summed E-state index contributed by atoms with van der Waals surface area (Å²) in [5.74, 6) is 0.935. The fourth-order valence-corrected chi connectivity index (χ4v) is 2.62. The molecule has 2 N–H and O–H groups in total. The molecule has 1 atom stereocenters. The maximum absolute atomic E-state index is 10.4. The summed E-state index contributed by atoms with van der Waals surface area (Å²) in [5, 5.41) is 13.8. The van der Waals surface area contributed by atoms with E-state index in [2.05, 4.69) is 25.2 Å². The fourth-order valence-electron chi connectivity index (χ4n) is 2.62. The van der Waals surface area contributed by atoms with Gasteiger partial charge in [0.15, 0.2) is 0 Å². The first-order valence-corrected chi connectivity index (χ1v) is 7.10. The van der Waals surface area contributed by atoms with Crippen LogP contribution in [0.4, 0.5) is 0 Å². The van der Waals surface area contributed by atoms with E-state index in [1.54, 1.807) is 7.11 Å². The summed E-state index contributed by atoms with van der Waals surface area (Å²) in [6.07, 6.45) is 2.95. The predicted octanol–water partition coefficient (Wildman–Crippen LogP) is 2.80. The number of rotatable bonds is 6. The van der Waals surface area contributed by atoms with Crippen LogP contribution in [0, 0.1) is 20.8 Å². The van der Waals surface area contributed by atoms with Crippen molar-refractivity contribution in [2.24, 2.45) is 0 Å². The molecule has 1 unspecified atom stereocenters. The standard InChI is InChI=1S/C16H25NO2/c1-10-9-14(11(2)12(3)16(10)19-4)15(18)7-8-17-13-5-6-13/h9,13,15,17-18H,5-8H2,1-4H3. The van der Waals surface area contributed by atoms with Crippen molar-refractivity contribution in [1.29, 1.82) is 0 Å². The van der Waals surface area contributed by atoms with E-state index < -0.39 is 6.10 Å². The molecule has 3 nitrogen and oxygen atoms in total. The van der Waals surface area contributed by atoms with Crippen molar-refractivity contribution in [3.8, 4) is 5.75 Å². The zero-order valence-corrected chi connectivity index (χ0v) is 12.4. The molecule has 2 rings (SSSR count). The van der Waals surface area contributed by atoms with Crippen LogP contribution in [0.5, 0.6) is 5.75 Å². The number of benzene rings is 1. The van der Waals surface area contributed by atoms with Crippen LogP contribution in [-0.2, 0) is 0 Å². The highest BCUT2D eigenvalue weighted by molar-refractivity contribution is 5.49. The molecule has 0 bridgehead atoms. The largest absolute Gasteiger partial charge is 0.496 e. The molecule has 1 aliphatic carbocycles. The maximum atomic E-state index is 10.4. The van der Waals surface area contributed by atoms with Gasteiger partial charge in [0.25, 0.3) is 0 Å². The van der Waals surface area contributed by atoms with Gasteiger partial charge in [-0.2, -0.15) is 0 Å². The second-order valence-electron chi connectivity index (χ2n) is 5.60. The van der Waals surface area contributed by atoms with Crippen molar-refractivity contribution < 1.29 is 9.84 Å². The van der Waals surface area contributed by atoms with Crippen LogP contribution >= 0.6 is 0 Å². The van der Waals surface area contributed by atoms with E-state index >= 15 is 0 Å². The second kappa shape index (κ2) is 5.93. The average Bonchev–Trinajstić information content (AvgIpc) is 3.18. The van der Waals surface area contributed by atoms with Crippen LogP contribution in [0.15, 0.2) is 6.07 Å². The first-order chi connectivity index (χ1) is 9.04. The molecule has 1 saturated carbocycles. The van der Waals surface area contributed by atoms with Crippen molar-refractivity contribution in [2.75, 3.05) is 13.7 Å². The zero-order valence-electron chi connectivity index (χ0n) is 12.4. The number of hydrogen-bond acceptors (Lipinski definition) is 3. The van der Waals surface area contributed by atoms with Crippen LogP contribution < -0.4 is 10.1 Å². The molecule has 0 aliphatic heterocycles. The Kier molecular flexibility index (Phi) is 4.48. The van der Waals surface area contributed by atoms with Gasteiger partial charge >= 0.3 is 0 Å². The molecule has 0 aromatic heterocycles. The molecule has 0 heterocycles. The van der Waals surface area contributed by atoms with Crippen molar-refractivity contribution >= 4 is 0 Å². The topological polar surface area (TPSA) is 41.5 Å². The average molecular weight is 263 g/mol. The number of nitrogens with one attached hydrogen (secondary N) is 1. The highest BCUT2D eigenvalue weighted by Gasteiger charge is 2.21. The van der Waals surface area contributed by atoms with Gasteiger partial charge in [-0.05, 0) is 74.9 Å². The summed E-state index contributed by atoms with van der Waals surface area (Å²) in [5.41, 5.74) is 4.40. The summed E-state index contributed by atoms with van der Waals surface area (Å²) in [4.78, 5) is 0. The Labute approximate surface area is 116 Å². The summed E-state index contributed by atoms with van der Waals surface area (Å²) in [6, 6.07) is 2.76. The van der Waals surface area contributed by atoms with Crippen LogP contribution in [-0.4, -0.2) is 24.8 Å². The van der Waals surface area contributed by atoms with Crippen LogP contribution in [0.1, 0.15) is 47.6 Å². The Morgan fingerprint density at radius 1 is 1.32 bits per heavy atom. The molecule has 1 aromatic rings. The Bertz CT molecular complexity index is 453. The first kappa shape index (κ1) is 14.4.